The highest BCUT2D eigenvalue weighted by atomic mass is 35.5. The fourth-order valence-corrected chi connectivity index (χ4v) is 4.36. The molecule has 0 aliphatic heterocycles. The van der Waals surface area contributed by atoms with Crippen LogP contribution in [0.4, 0.5) is 5.69 Å². The number of amides is 1. The third-order valence-electron chi connectivity index (χ3n) is 6.05. The van der Waals surface area contributed by atoms with E-state index in [9.17, 15) is 14.4 Å². The number of hydrogen-bond donors (Lipinski definition) is 1. The maximum absolute atomic E-state index is 13.0. The number of halogens is 1. The van der Waals surface area contributed by atoms with E-state index in [1.807, 2.05) is 0 Å². The summed E-state index contributed by atoms with van der Waals surface area (Å²) < 4.78 is 11.0. The predicted octanol–water partition coefficient (Wildman–Crippen LogP) is 5.75. The molecular weight excluding hydrogens is 442 g/mol. The molecule has 2 aromatic carbocycles. The topological polar surface area (TPSA) is 81.7 Å². The average Bonchev–Trinajstić information content (AvgIpc) is 2.79. The second kappa shape index (κ2) is 11.3. The highest BCUT2D eigenvalue weighted by molar-refractivity contribution is 6.30. The molecule has 1 aliphatic carbocycles. The molecular formula is C26H30ClNO5. The van der Waals surface area contributed by atoms with Gasteiger partial charge in [0.1, 0.15) is 6.10 Å². The Balaban J connectivity index is 1.63. The van der Waals surface area contributed by atoms with Gasteiger partial charge in [-0.1, -0.05) is 50.9 Å². The van der Waals surface area contributed by atoms with Crippen LogP contribution in [-0.2, 0) is 14.3 Å². The van der Waals surface area contributed by atoms with E-state index in [0.717, 1.165) is 19.3 Å². The van der Waals surface area contributed by atoms with E-state index >= 15 is 0 Å². The Bertz CT molecular complexity index is 988. The van der Waals surface area contributed by atoms with E-state index in [4.69, 9.17) is 21.1 Å². The third-order valence-corrected chi connectivity index (χ3v) is 6.30. The van der Waals surface area contributed by atoms with E-state index in [1.54, 1.807) is 42.5 Å². The summed E-state index contributed by atoms with van der Waals surface area (Å²) in [5, 5.41) is 3.17. The van der Waals surface area contributed by atoms with Crippen molar-refractivity contribution >= 4 is 35.1 Å². The van der Waals surface area contributed by atoms with Crippen LogP contribution in [-0.4, -0.2) is 30.6 Å². The molecule has 7 heteroatoms. The van der Waals surface area contributed by atoms with Crippen LogP contribution in [0.3, 0.4) is 0 Å². The number of rotatable bonds is 7. The summed E-state index contributed by atoms with van der Waals surface area (Å²) >= 11 is 5.83. The summed E-state index contributed by atoms with van der Waals surface area (Å²) in [6.45, 7) is 5.96. The van der Waals surface area contributed by atoms with Crippen molar-refractivity contribution in [2.45, 2.75) is 46.1 Å². The molecule has 6 nitrogen and oxygen atoms in total. The van der Waals surface area contributed by atoms with Gasteiger partial charge >= 0.3 is 11.9 Å². The summed E-state index contributed by atoms with van der Waals surface area (Å²) in [7, 11) is 0. The molecule has 1 fully saturated rings. The Kier molecular flexibility index (Phi) is 8.50. The summed E-state index contributed by atoms with van der Waals surface area (Å²) in [4.78, 5) is 37.8. The summed E-state index contributed by atoms with van der Waals surface area (Å²) in [6, 6.07) is 12.9. The van der Waals surface area contributed by atoms with E-state index in [2.05, 4.69) is 26.1 Å². The number of carbonyl (C=O) groups is 3. The van der Waals surface area contributed by atoms with Gasteiger partial charge in [0, 0.05) is 10.7 Å². The average molecular weight is 472 g/mol. The van der Waals surface area contributed by atoms with Gasteiger partial charge in [-0.15, -0.1) is 0 Å². The van der Waals surface area contributed by atoms with Gasteiger partial charge in [0.05, 0.1) is 11.1 Å². The highest BCUT2D eigenvalue weighted by Crippen LogP contribution is 2.35. The van der Waals surface area contributed by atoms with Crippen molar-refractivity contribution in [2.24, 2.45) is 17.8 Å². The van der Waals surface area contributed by atoms with E-state index in [-0.39, 0.29) is 17.2 Å². The minimum Gasteiger partial charge on any atom is -0.458 e. The molecule has 0 bridgehead atoms. The van der Waals surface area contributed by atoms with Crippen LogP contribution in [0.25, 0.3) is 0 Å². The lowest BCUT2D eigenvalue weighted by molar-refractivity contribution is -0.119. The fourth-order valence-electron chi connectivity index (χ4n) is 4.23. The van der Waals surface area contributed by atoms with Gasteiger partial charge in [0.15, 0.2) is 6.61 Å². The molecule has 0 spiro atoms. The molecule has 1 amide bonds. The Morgan fingerprint density at radius 2 is 1.64 bits per heavy atom. The number of anilines is 1. The molecule has 1 N–H and O–H groups in total. The van der Waals surface area contributed by atoms with E-state index in [1.165, 1.54) is 6.07 Å². The number of carbonyl (C=O) groups excluding carboxylic acids is 3. The number of esters is 2. The van der Waals surface area contributed by atoms with Crippen LogP contribution in [0.1, 0.15) is 60.7 Å². The molecule has 176 valence electrons. The van der Waals surface area contributed by atoms with Crippen LogP contribution < -0.4 is 5.32 Å². The first-order chi connectivity index (χ1) is 15.7. The summed E-state index contributed by atoms with van der Waals surface area (Å²) in [5.74, 6) is -0.626. The predicted molar refractivity (Wildman–Crippen MR) is 127 cm³/mol. The Hall–Kier alpha value is -2.86. The van der Waals surface area contributed by atoms with Crippen molar-refractivity contribution in [1.82, 2.24) is 0 Å². The van der Waals surface area contributed by atoms with Crippen molar-refractivity contribution in [3.05, 3.63) is 64.7 Å². The van der Waals surface area contributed by atoms with Crippen LogP contribution in [0.2, 0.25) is 5.02 Å². The number of nitrogens with one attached hydrogen (secondary N) is 1. The molecule has 0 heterocycles. The van der Waals surface area contributed by atoms with Gasteiger partial charge in [-0.25, -0.2) is 9.59 Å². The quantitative estimate of drug-likeness (QED) is 0.519. The Morgan fingerprint density at radius 1 is 1.00 bits per heavy atom. The molecule has 0 unspecified atom stereocenters. The molecule has 1 aliphatic rings. The van der Waals surface area contributed by atoms with Crippen LogP contribution >= 0.6 is 11.6 Å². The second-order valence-corrected chi connectivity index (χ2v) is 9.38. The van der Waals surface area contributed by atoms with Gasteiger partial charge < -0.3 is 14.8 Å². The lowest BCUT2D eigenvalue weighted by Gasteiger charge is -2.36. The monoisotopic (exact) mass is 471 g/mol. The van der Waals surface area contributed by atoms with Crippen molar-refractivity contribution in [3.8, 4) is 0 Å². The zero-order valence-electron chi connectivity index (χ0n) is 19.2. The Morgan fingerprint density at radius 3 is 2.27 bits per heavy atom. The van der Waals surface area contributed by atoms with Crippen molar-refractivity contribution in [3.63, 3.8) is 0 Å². The number of benzene rings is 2. The minimum absolute atomic E-state index is 0.0757. The van der Waals surface area contributed by atoms with Crippen LogP contribution in [0.5, 0.6) is 0 Å². The first-order valence-electron chi connectivity index (χ1n) is 11.3. The van der Waals surface area contributed by atoms with Gasteiger partial charge in [-0.05, 0) is 67.0 Å². The Labute approximate surface area is 199 Å². The van der Waals surface area contributed by atoms with Crippen molar-refractivity contribution < 1.29 is 23.9 Å². The second-order valence-electron chi connectivity index (χ2n) is 8.95. The van der Waals surface area contributed by atoms with Crippen molar-refractivity contribution in [2.75, 3.05) is 11.9 Å². The fraction of sp³-hybridized carbons (Fsp3) is 0.423. The van der Waals surface area contributed by atoms with E-state index < -0.39 is 24.5 Å². The summed E-state index contributed by atoms with van der Waals surface area (Å²) in [6.07, 6.45) is 2.77. The number of ether oxygens (including phenoxy) is 2. The molecule has 1 saturated carbocycles. The third kappa shape index (κ3) is 6.81. The normalized spacial score (nSPS) is 20.2. The first-order valence-corrected chi connectivity index (χ1v) is 11.6. The lowest BCUT2D eigenvalue weighted by atomic mass is 9.75. The zero-order valence-corrected chi connectivity index (χ0v) is 19.9. The first kappa shape index (κ1) is 24.8. The van der Waals surface area contributed by atoms with Crippen LogP contribution in [0.15, 0.2) is 48.5 Å². The van der Waals surface area contributed by atoms with Gasteiger partial charge in [0.25, 0.3) is 5.91 Å². The SMILES string of the molecule is CC(C)[C@@H]1CC[C@@H](C)C[C@H]1OC(=O)c1ccccc1C(=O)OCC(=O)Nc1ccc(Cl)cc1. The molecule has 33 heavy (non-hydrogen) atoms. The molecule has 2 aromatic rings. The highest BCUT2D eigenvalue weighted by Gasteiger charge is 2.34. The van der Waals surface area contributed by atoms with E-state index in [0.29, 0.717) is 28.5 Å². The van der Waals surface area contributed by atoms with Crippen LogP contribution in [0, 0.1) is 17.8 Å². The molecule has 3 atom stereocenters. The largest absolute Gasteiger partial charge is 0.458 e. The molecule has 0 radical (unpaired) electrons. The lowest BCUT2D eigenvalue weighted by Crippen LogP contribution is -2.36. The molecule has 3 rings (SSSR count). The van der Waals surface area contributed by atoms with Crippen molar-refractivity contribution in [1.29, 1.82) is 0 Å². The van der Waals surface area contributed by atoms with Gasteiger partial charge in [-0.3, -0.25) is 4.79 Å². The smallest absolute Gasteiger partial charge is 0.339 e. The summed E-state index contributed by atoms with van der Waals surface area (Å²) in [5.41, 5.74) is 0.749. The zero-order chi connectivity index (χ0) is 24.0. The minimum atomic E-state index is -0.758. The standard InChI is InChI=1S/C26H30ClNO5/c1-16(2)20-13-8-17(3)14-23(20)33-26(31)22-7-5-4-6-21(22)25(30)32-15-24(29)28-19-11-9-18(27)10-12-19/h4-7,9-12,16-17,20,23H,8,13-15H2,1-3H3,(H,28,29)/t17-,20+,23-/m1/s1. The maximum atomic E-state index is 13.0. The molecule has 0 saturated heterocycles. The number of hydrogen-bond acceptors (Lipinski definition) is 5. The molecule has 0 aromatic heterocycles. The van der Waals surface area contributed by atoms with Gasteiger partial charge in [-0.2, -0.15) is 0 Å². The van der Waals surface area contributed by atoms with Gasteiger partial charge in [0.2, 0.25) is 0 Å². The maximum Gasteiger partial charge on any atom is 0.339 e.